The van der Waals surface area contributed by atoms with E-state index in [-0.39, 0.29) is 5.91 Å². The monoisotopic (exact) mass is 127 g/mol. The van der Waals surface area contributed by atoms with Crippen LogP contribution in [0.2, 0.25) is 0 Å². The molecule has 0 heterocycles. The third-order valence-corrected chi connectivity index (χ3v) is 0.689. The molecule has 9 heavy (non-hydrogen) atoms. The van der Waals surface area contributed by atoms with E-state index in [9.17, 15) is 9.59 Å². The minimum atomic E-state index is -0.170. The van der Waals surface area contributed by atoms with Gasteiger partial charge in [0.1, 0.15) is 6.29 Å². The lowest BCUT2D eigenvalue weighted by atomic mass is 10.4. The third kappa shape index (κ3) is 4.74. The van der Waals surface area contributed by atoms with Crippen LogP contribution in [0.5, 0.6) is 0 Å². The first-order valence-electron chi connectivity index (χ1n) is 2.56. The fourth-order valence-corrected chi connectivity index (χ4v) is 0.249. The Balaban J connectivity index is 3.69. The van der Waals surface area contributed by atoms with Crippen molar-refractivity contribution in [2.75, 3.05) is 0 Å². The zero-order valence-electron chi connectivity index (χ0n) is 5.47. The zero-order chi connectivity index (χ0) is 7.28. The molecule has 0 radical (unpaired) electrons. The molecule has 0 spiro atoms. The van der Waals surface area contributed by atoms with E-state index in [1.165, 1.54) is 13.1 Å². The highest BCUT2D eigenvalue weighted by atomic mass is 16.1. The van der Waals surface area contributed by atoms with Crippen molar-refractivity contribution in [3.05, 3.63) is 11.8 Å². The van der Waals surface area contributed by atoms with Crippen LogP contribution in [-0.4, -0.2) is 12.2 Å². The van der Waals surface area contributed by atoms with E-state index < -0.39 is 0 Å². The largest absolute Gasteiger partial charge is 0.333 e. The van der Waals surface area contributed by atoms with Crippen LogP contribution in [-0.2, 0) is 9.59 Å². The predicted octanol–water partition coefficient (Wildman–Crippen LogP) is 0.225. The van der Waals surface area contributed by atoms with E-state index in [1.54, 1.807) is 6.92 Å². The number of aldehydes is 1. The molecule has 1 amide bonds. The highest BCUT2D eigenvalue weighted by Gasteiger charge is 1.85. The van der Waals surface area contributed by atoms with Crippen molar-refractivity contribution < 1.29 is 9.59 Å². The molecule has 0 atom stereocenters. The quantitative estimate of drug-likeness (QED) is 0.426. The van der Waals surface area contributed by atoms with Crippen molar-refractivity contribution >= 4 is 12.2 Å². The van der Waals surface area contributed by atoms with Crippen LogP contribution in [0, 0.1) is 0 Å². The van der Waals surface area contributed by atoms with Crippen molar-refractivity contribution in [1.82, 2.24) is 5.32 Å². The van der Waals surface area contributed by atoms with E-state index >= 15 is 0 Å². The Bertz CT molecular complexity index is 149. The van der Waals surface area contributed by atoms with Gasteiger partial charge in [-0.2, -0.15) is 0 Å². The number of hydrogen-bond acceptors (Lipinski definition) is 2. The Kier molecular flexibility index (Phi) is 3.35. The smallest absolute Gasteiger partial charge is 0.220 e. The van der Waals surface area contributed by atoms with Gasteiger partial charge in [-0.3, -0.25) is 9.59 Å². The SMILES string of the molecule is CC(=O)N/C=C(\C)C=O. The first-order valence-corrected chi connectivity index (χ1v) is 2.56. The molecular formula is C6H9NO2. The number of carbonyl (C=O) groups excluding carboxylic acids is 2. The summed E-state index contributed by atoms with van der Waals surface area (Å²) >= 11 is 0. The minimum absolute atomic E-state index is 0.170. The Morgan fingerprint density at radius 1 is 1.44 bits per heavy atom. The van der Waals surface area contributed by atoms with Crippen LogP contribution in [0.25, 0.3) is 0 Å². The fraction of sp³-hybridized carbons (Fsp3) is 0.333. The van der Waals surface area contributed by atoms with Gasteiger partial charge in [0.15, 0.2) is 0 Å². The van der Waals surface area contributed by atoms with E-state index in [0.29, 0.717) is 11.9 Å². The summed E-state index contributed by atoms with van der Waals surface area (Å²) in [4.78, 5) is 20.1. The van der Waals surface area contributed by atoms with Gasteiger partial charge in [0, 0.05) is 18.7 Å². The van der Waals surface area contributed by atoms with Gasteiger partial charge in [-0.05, 0) is 6.92 Å². The van der Waals surface area contributed by atoms with Crippen LogP contribution < -0.4 is 5.32 Å². The topological polar surface area (TPSA) is 46.2 Å². The van der Waals surface area contributed by atoms with Gasteiger partial charge in [-0.25, -0.2) is 0 Å². The van der Waals surface area contributed by atoms with Crippen LogP contribution in [0.3, 0.4) is 0 Å². The van der Waals surface area contributed by atoms with E-state index in [1.807, 2.05) is 0 Å². The lowest BCUT2D eigenvalue weighted by Gasteiger charge is -1.90. The van der Waals surface area contributed by atoms with Crippen LogP contribution in [0.15, 0.2) is 11.8 Å². The molecule has 50 valence electrons. The van der Waals surface area contributed by atoms with Crippen LogP contribution in [0.4, 0.5) is 0 Å². The first kappa shape index (κ1) is 7.88. The Morgan fingerprint density at radius 2 is 2.00 bits per heavy atom. The van der Waals surface area contributed by atoms with Crippen molar-refractivity contribution in [2.24, 2.45) is 0 Å². The Labute approximate surface area is 53.7 Å². The maximum Gasteiger partial charge on any atom is 0.220 e. The van der Waals surface area contributed by atoms with Gasteiger partial charge in [0.2, 0.25) is 5.91 Å². The average molecular weight is 127 g/mol. The molecule has 0 bridgehead atoms. The molecule has 0 fully saturated rings. The Hall–Kier alpha value is -1.12. The highest BCUT2D eigenvalue weighted by Crippen LogP contribution is 1.80. The molecule has 3 heteroatoms. The molecule has 3 nitrogen and oxygen atoms in total. The lowest BCUT2D eigenvalue weighted by molar-refractivity contribution is -0.118. The summed E-state index contributed by atoms with van der Waals surface area (Å²) in [5.41, 5.74) is 0.505. The zero-order valence-corrected chi connectivity index (χ0v) is 5.47. The molecule has 0 unspecified atom stereocenters. The summed E-state index contributed by atoms with van der Waals surface area (Å²) in [5.74, 6) is -0.170. The molecule has 0 aliphatic rings. The minimum Gasteiger partial charge on any atom is -0.333 e. The van der Waals surface area contributed by atoms with Crippen molar-refractivity contribution in [3.8, 4) is 0 Å². The number of nitrogens with one attached hydrogen (secondary N) is 1. The van der Waals surface area contributed by atoms with Gasteiger partial charge in [-0.1, -0.05) is 0 Å². The number of carbonyl (C=O) groups is 2. The number of allylic oxidation sites excluding steroid dienone is 1. The molecule has 0 aromatic carbocycles. The van der Waals surface area contributed by atoms with Gasteiger partial charge < -0.3 is 5.32 Å². The number of amides is 1. The van der Waals surface area contributed by atoms with E-state index in [0.717, 1.165) is 0 Å². The molecule has 0 aliphatic heterocycles. The second kappa shape index (κ2) is 3.83. The van der Waals surface area contributed by atoms with E-state index in [4.69, 9.17) is 0 Å². The lowest BCUT2D eigenvalue weighted by Crippen LogP contribution is -2.12. The number of hydrogen-bond donors (Lipinski definition) is 1. The van der Waals surface area contributed by atoms with Crippen molar-refractivity contribution in [1.29, 1.82) is 0 Å². The Morgan fingerprint density at radius 3 is 2.33 bits per heavy atom. The first-order chi connectivity index (χ1) is 4.16. The maximum atomic E-state index is 10.2. The summed E-state index contributed by atoms with van der Waals surface area (Å²) < 4.78 is 0. The molecular weight excluding hydrogens is 118 g/mol. The number of rotatable bonds is 2. The normalized spacial score (nSPS) is 10.7. The van der Waals surface area contributed by atoms with Crippen molar-refractivity contribution in [2.45, 2.75) is 13.8 Å². The molecule has 0 aromatic heterocycles. The van der Waals surface area contributed by atoms with Crippen LogP contribution >= 0.6 is 0 Å². The molecule has 0 saturated heterocycles. The fourth-order valence-electron chi connectivity index (χ4n) is 0.249. The molecule has 0 rings (SSSR count). The highest BCUT2D eigenvalue weighted by molar-refractivity contribution is 5.77. The predicted molar refractivity (Wildman–Crippen MR) is 33.6 cm³/mol. The van der Waals surface area contributed by atoms with E-state index in [2.05, 4.69) is 5.32 Å². The van der Waals surface area contributed by atoms with Gasteiger partial charge >= 0.3 is 0 Å². The second-order valence-corrected chi connectivity index (χ2v) is 1.71. The summed E-state index contributed by atoms with van der Waals surface area (Å²) in [6.45, 7) is 3.00. The van der Waals surface area contributed by atoms with Gasteiger partial charge in [0.05, 0.1) is 0 Å². The maximum absolute atomic E-state index is 10.2. The molecule has 0 aromatic rings. The van der Waals surface area contributed by atoms with Crippen molar-refractivity contribution in [3.63, 3.8) is 0 Å². The van der Waals surface area contributed by atoms with Gasteiger partial charge in [0.25, 0.3) is 0 Å². The van der Waals surface area contributed by atoms with Crippen LogP contribution in [0.1, 0.15) is 13.8 Å². The summed E-state index contributed by atoms with van der Waals surface area (Å²) in [5, 5.41) is 2.36. The molecule has 0 aliphatic carbocycles. The second-order valence-electron chi connectivity index (χ2n) is 1.71. The third-order valence-electron chi connectivity index (χ3n) is 0.689. The summed E-state index contributed by atoms with van der Waals surface area (Å²) in [6, 6.07) is 0. The molecule has 0 saturated carbocycles. The standard InChI is InChI=1S/C6H9NO2/c1-5(4-8)3-7-6(2)9/h3-4H,1-2H3,(H,7,9)/b5-3+. The average Bonchev–Trinajstić information content (AvgIpc) is 1.83. The summed E-state index contributed by atoms with van der Waals surface area (Å²) in [6.07, 6.45) is 2.05. The summed E-state index contributed by atoms with van der Waals surface area (Å²) in [7, 11) is 0. The van der Waals surface area contributed by atoms with Gasteiger partial charge in [-0.15, -0.1) is 0 Å². The molecule has 1 N–H and O–H groups in total.